The highest BCUT2D eigenvalue weighted by Crippen LogP contribution is 2.06. The summed E-state index contributed by atoms with van der Waals surface area (Å²) in [4.78, 5) is 45.2. The number of unbranched alkanes of at least 4 members (excludes halogenated alkanes) is 1. The Kier molecular flexibility index (Phi) is 10.2. The molecule has 0 saturated heterocycles. The molecule has 0 heterocycles. The minimum absolute atomic E-state index is 0.0384. The van der Waals surface area contributed by atoms with Crippen LogP contribution < -0.4 is 0 Å². The summed E-state index contributed by atoms with van der Waals surface area (Å²) in [5, 5.41) is 17.3. The summed E-state index contributed by atoms with van der Waals surface area (Å²) < 4.78 is 14.5. The number of hydrogen-bond donors (Lipinski definition) is 2. The lowest BCUT2D eigenvalue weighted by Crippen LogP contribution is -2.14. The van der Waals surface area contributed by atoms with E-state index in [1.54, 1.807) is 0 Å². The SMILES string of the molecule is O=C(CCCCC(=O)OCCOC(=O)c1ccc(C(=O)O)cc1)OCCO. The van der Waals surface area contributed by atoms with E-state index in [0.29, 0.717) is 12.8 Å². The van der Waals surface area contributed by atoms with Gasteiger partial charge in [-0.25, -0.2) is 9.59 Å². The number of ether oxygens (including phenoxy) is 3. The first-order valence-corrected chi connectivity index (χ1v) is 8.36. The molecule has 0 unspecified atom stereocenters. The van der Waals surface area contributed by atoms with Crippen LogP contribution in [-0.2, 0) is 23.8 Å². The number of aliphatic hydroxyl groups excluding tert-OH is 1. The van der Waals surface area contributed by atoms with Crippen LogP contribution in [0.3, 0.4) is 0 Å². The van der Waals surface area contributed by atoms with E-state index in [1.165, 1.54) is 24.3 Å². The number of carboxylic acids is 1. The molecule has 148 valence electrons. The molecule has 0 spiro atoms. The summed E-state index contributed by atoms with van der Waals surface area (Å²) in [6, 6.07) is 5.25. The molecule has 27 heavy (non-hydrogen) atoms. The third-order valence-electron chi connectivity index (χ3n) is 3.31. The molecule has 9 nitrogen and oxygen atoms in total. The Morgan fingerprint density at radius 2 is 1.22 bits per heavy atom. The number of carboxylic acid groups (broad SMARTS) is 1. The predicted molar refractivity (Wildman–Crippen MR) is 91.2 cm³/mol. The monoisotopic (exact) mass is 382 g/mol. The van der Waals surface area contributed by atoms with E-state index in [-0.39, 0.29) is 50.4 Å². The lowest BCUT2D eigenvalue weighted by molar-refractivity contribution is -0.146. The lowest BCUT2D eigenvalue weighted by atomic mass is 10.1. The third kappa shape index (κ3) is 9.36. The zero-order valence-corrected chi connectivity index (χ0v) is 14.7. The Morgan fingerprint density at radius 1 is 0.741 bits per heavy atom. The molecule has 0 saturated carbocycles. The second-order valence-corrected chi connectivity index (χ2v) is 5.39. The minimum atomic E-state index is -1.09. The van der Waals surface area contributed by atoms with Crippen molar-refractivity contribution >= 4 is 23.9 Å². The number of carbonyl (C=O) groups is 4. The fourth-order valence-electron chi connectivity index (χ4n) is 1.96. The van der Waals surface area contributed by atoms with Gasteiger partial charge in [-0.2, -0.15) is 0 Å². The molecule has 0 amide bonds. The molecule has 0 aliphatic rings. The van der Waals surface area contributed by atoms with Crippen LogP contribution in [-0.4, -0.2) is 60.5 Å². The molecule has 2 N–H and O–H groups in total. The van der Waals surface area contributed by atoms with Crippen molar-refractivity contribution in [2.75, 3.05) is 26.4 Å². The predicted octanol–water partition coefficient (Wildman–Crippen LogP) is 1.18. The first-order valence-electron chi connectivity index (χ1n) is 8.36. The van der Waals surface area contributed by atoms with Crippen LogP contribution in [0.4, 0.5) is 0 Å². The van der Waals surface area contributed by atoms with Gasteiger partial charge in [0.05, 0.1) is 17.7 Å². The van der Waals surface area contributed by atoms with Crippen molar-refractivity contribution in [2.45, 2.75) is 25.7 Å². The standard InChI is InChI=1S/C18H22O9/c19-9-10-25-15(20)3-1-2-4-16(21)26-11-12-27-18(24)14-7-5-13(6-8-14)17(22)23/h5-8,19H,1-4,9-12H2,(H,22,23). The quantitative estimate of drug-likeness (QED) is 0.310. The maximum atomic E-state index is 11.8. The topological polar surface area (TPSA) is 136 Å². The van der Waals surface area contributed by atoms with E-state index < -0.39 is 23.9 Å². The number of aliphatic hydroxyl groups is 1. The highest BCUT2D eigenvalue weighted by Gasteiger charge is 2.10. The summed E-state index contributed by atoms with van der Waals surface area (Å²) >= 11 is 0. The van der Waals surface area contributed by atoms with Gasteiger partial charge in [0, 0.05) is 12.8 Å². The molecule has 0 bridgehead atoms. The van der Waals surface area contributed by atoms with Crippen LogP contribution in [0.5, 0.6) is 0 Å². The Labute approximate surface area is 155 Å². The third-order valence-corrected chi connectivity index (χ3v) is 3.31. The van der Waals surface area contributed by atoms with Gasteiger partial charge in [-0.3, -0.25) is 9.59 Å². The van der Waals surface area contributed by atoms with Gasteiger partial charge in [-0.05, 0) is 37.1 Å². The maximum absolute atomic E-state index is 11.8. The Bertz CT molecular complexity index is 637. The summed E-state index contributed by atoms with van der Waals surface area (Å²) in [5.41, 5.74) is 0.251. The number of carbonyl (C=O) groups excluding carboxylic acids is 3. The average molecular weight is 382 g/mol. The molecule has 0 aliphatic carbocycles. The highest BCUT2D eigenvalue weighted by atomic mass is 16.6. The van der Waals surface area contributed by atoms with Crippen molar-refractivity contribution in [3.63, 3.8) is 0 Å². The fraction of sp³-hybridized carbons (Fsp3) is 0.444. The first kappa shape index (κ1) is 22.1. The van der Waals surface area contributed by atoms with Gasteiger partial charge in [0.1, 0.15) is 19.8 Å². The second-order valence-electron chi connectivity index (χ2n) is 5.39. The van der Waals surface area contributed by atoms with Crippen LogP contribution >= 0.6 is 0 Å². The van der Waals surface area contributed by atoms with Crippen molar-refractivity contribution in [3.8, 4) is 0 Å². The van der Waals surface area contributed by atoms with E-state index in [1.807, 2.05) is 0 Å². The van der Waals surface area contributed by atoms with Crippen molar-refractivity contribution in [1.29, 1.82) is 0 Å². The zero-order chi connectivity index (χ0) is 20.1. The highest BCUT2D eigenvalue weighted by molar-refractivity contribution is 5.92. The van der Waals surface area contributed by atoms with Crippen LogP contribution in [0, 0.1) is 0 Å². The molecule has 1 rings (SSSR count). The van der Waals surface area contributed by atoms with E-state index in [2.05, 4.69) is 4.74 Å². The van der Waals surface area contributed by atoms with Crippen LogP contribution in [0.1, 0.15) is 46.4 Å². The maximum Gasteiger partial charge on any atom is 0.338 e. The molecule has 0 atom stereocenters. The molecular weight excluding hydrogens is 360 g/mol. The minimum Gasteiger partial charge on any atom is -0.478 e. The molecule has 1 aromatic carbocycles. The number of aromatic carboxylic acids is 1. The second kappa shape index (κ2) is 12.4. The first-order chi connectivity index (χ1) is 12.9. The number of hydrogen-bond acceptors (Lipinski definition) is 8. The number of esters is 3. The molecule has 1 aromatic rings. The van der Waals surface area contributed by atoms with E-state index >= 15 is 0 Å². The van der Waals surface area contributed by atoms with E-state index in [0.717, 1.165) is 0 Å². The zero-order valence-electron chi connectivity index (χ0n) is 14.7. The average Bonchev–Trinajstić information content (AvgIpc) is 2.66. The Hall–Kier alpha value is -2.94. The molecule has 0 aromatic heterocycles. The number of benzene rings is 1. The van der Waals surface area contributed by atoms with Crippen molar-refractivity contribution < 1.29 is 43.6 Å². The molecule has 0 radical (unpaired) electrons. The van der Waals surface area contributed by atoms with Gasteiger partial charge >= 0.3 is 23.9 Å². The van der Waals surface area contributed by atoms with Gasteiger partial charge in [0.2, 0.25) is 0 Å². The summed E-state index contributed by atoms with van der Waals surface area (Å²) in [5.74, 6) is -2.64. The van der Waals surface area contributed by atoms with E-state index in [9.17, 15) is 19.2 Å². The molecule has 0 aliphatic heterocycles. The van der Waals surface area contributed by atoms with E-state index in [4.69, 9.17) is 19.7 Å². The summed E-state index contributed by atoms with van der Waals surface area (Å²) in [6.07, 6.45) is 1.19. The van der Waals surface area contributed by atoms with Gasteiger partial charge in [0.25, 0.3) is 0 Å². The van der Waals surface area contributed by atoms with Crippen LogP contribution in [0.15, 0.2) is 24.3 Å². The molecule has 9 heteroatoms. The summed E-state index contributed by atoms with van der Waals surface area (Å²) in [7, 11) is 0. The van der Waals surface area contributed by atoms with Gasteiger partial charge in [-0.15, -0.1) is 0 Å². The summed E-state index contributed by atoms with van der Waals surface area (Å²) in [6.45, 7) is -0.491. The van der Waals surface area contributed by atoms with Crippen molar-refractivity contribution in [3.05, 3.63) is 35.4 Å². The molecular formula is C18H22O9. The van der Waals surface area contributed by atoms with Crippen LogP contribution in [0.25, 0.3) is 0 Å². The number of rotatable bonds is 12. The largest absolute Gasteiger partial charge is 0.478 e. The fourth-order valence-corrected chi connectivity index (χ4v) is 1.96. The van der Waals surface area contributed by atoms with Gasteiger partial charge < -0.3 is 24.4 Å². The van der Waals surface area contributed by atoms with Gasteiger partial charge in [-0.1, -0.05) is 0 Å². The van der Waals surface area contributed by atoms with Gasteiger partial charge in [0.15, 0.2) is 0 Å². The Balaban J connectivity index is 2.12. The lowest BCUT2D eigenvalue weighted by Gasteiger charge is -2.07. The Morgan fingerprint density at radius 3 is 1.74 bits per heavy atom. The normalized spacial score (nSPS) is 10.1. The van der Waals surface area contributed by atoms with Crippen molar-refractivity contribution in [1.82, 2.24) is 0 Å². The van der Waals surface area contributed by atoms with Crippen molar-refractivity contribution in [2.24, 2.45) is 0 Å². The van der Waals surface area contributed by atoms with Crippen LogP contribution in [0.2, 0.25) is 0 Å². The molecule has 0 fully saturated rings. The smallest absolute Gasteiger partial charge is 0.338 e.